The van der Waals surface area contributed by atoms with E-state index in [-0.39, 0.29) is 11.2 Å². The van der Waals surface area contributed by atoms with Crippen LogP contribution in [-0.2, 0) is 0 Å². The predicted molar refractivity (Wildman–Crippen MR) is 37.3 cm³/mol. The van der Waals surface area contributed by atoms with Gasteiger partial charge in [0.05, 0.1) is 4.92 Å². The van der Waals surface area contributed by atoms with Gasteiger partial charge in [0.15, 0.2) is 5.58 Å². The maximum atomic E-state index is 10.3. The average molecular weight is 164 g/mol. The van der Waals surface area contributed by atoms with Gasteiger partial charge < -0.3 is 4.52 Å². The molecule has 0 aliphatic heterocycles. The van der Waals surface area contributed by atoms with Gasteiger partial charge in [-0.25, -0.2) is 0 Å². The largest absolute Gasteiger partial charge is 0.337 e. The van der Waals surface area contributed by atoms with Crippen LogP contribution >= 0.6 is 0 Å². The van der Waals surface area contributed by atoms with Crippen LogP contribution in [0, 0.1) is 16.2 Å². The minimum atomic E-state index is -0.547. The zero-order chi connectivity index (χ0) is 8.55. The van der Waals surface area contributed by atoms with E-state index in [1.165, 1.54) is 12.1 Å². The maximum Gasteiger partial charge on any atom is 0.280 e. The molecule has 0 bridgehead atoms. The summed E-state index contributed by atoms with van der Waals surface area (Å²) >= 11 is 0. The normalized spacial score (nSPS) is 10.3. The summed E-state index contributed by atoms with van der Waals surface area (Å²) in [5.74, 6) is 0. The van der Waals surface area contributed by atoms with E-state index in [4.69, 9.17) is 0 Å². The summed E-state index contributed by atoms with van der Waals surface area (Å²) < 4.78 is 4.64. The molecule has 6 heteroatoms. The lowest BCUT2D eigenvalue weighted by atomic mass is 10.3. The highest BCUT2D eigenvalue weighted by Crippen LogP contribution is 2.16. The lowest BCUT2D eigenvalue weighted by Gasteiger charge is -1.86. The van der Waals surface area contributed by atoms with Crippen LogP contribution in [0.25, 0.3) is 11.1 Å². The van der Waals surface area contributed by atoms with Crippen molar-refractivity contribution in [3.8, 4) is 0 Å². The van der Waals surface area contributed by atoms with Gasteiger partial charge in [-0.3, -0.25) is 10.1 Å². The van der Waals surface area contributed by atoms with Crippen molar-refractivity contribution in [3.63, 3.8) is 0 Å². The third-order valence-corrected chi connectivity index (χ3v) is 1.35. The van der Waals surface area contributed by atoms with Crippen LogP contribution < -0.4 is 0 Å². The van der Waals surface area contributed by atoms with Crippen molar-refractivity contribution in [2.75, 3.05) is 0 Å². The topological polar surface area (TPSA) is 82.1 Å². The Hall–Kier alpha value is -1.98. The summed E-state index contributed by atoms with van der Waals surface area (Å²) in [6.07, 6.45) is 0. The zero-order valence-corrected chi connectivity index (χ0v) is 5.72. The Morgan fingerprint density at radius 3 is 3.17 bits per heavy atom. The van der Waals surface area contributed by atoms with Crippen molar-refractivity contribution in [1.82, 2.24) is 10.4 Å². The Kier molecular flexibility index (Phi) is 1.26. The molecular formula is C6H2N3O3. The molecule has 0 N–H and O–H groups in total. The molecular weight excluding hydrogens is 162 g/mol. The Morgan fingerprint density at radius 1 is 1.58 bits per heavy atom. The first-order chi connectivity index (χ1) is 5.77. The average Bonchev–Trinajstić information content (AvgIpc) is 2.49. The van der Waals surface area contributed by atoms with Gasteiger partial charge in [0.2, 0.25) is 0 Å². The number of benzene rings is 1. The van der Waals surface area contributed by atoms with Crippen molar-refractivity contribution in [2.45, 2.75) is 0 Å². The van der Waals surface area contributed by atoms with Crippen LogP contribution in [0.3, 0.4) is 0 Å². The smallest absolute Gasteiger partial charge is 0.280 e. The molecule has 2 rings (SSSR count). The molecule has 6 nitrogen and oxygen atoms in total. The van der Waals surface area contributed by atoms with Crippen molar-refractivity contribution in [1.29, 1.82) is 0 Å². The van der Waals surface area contributed by atoms with Crippen LogP contribution in [0.15, 0.2) is 16.7 Å². The molecule has 59 valence electrons. The third-order valence-electron chi connectivity index (χ3n) is 1.35. The zero-order valence-electron chi connectivity index (χ0n) is 5.72. The van der Waals surface area contributed by atoms with E-state index in [2.05, 4.69) is 21.0 Å². The highest BCUT2D eigenvalue weighted by atomic mass is 16.6. The fourth-order valence-electron chi connectivity index (χ4n) is 0.818. The first-order valence-corrected chi connectivity index (χ1v) is 3.06. The summed E-state index contributed by atoms with van der Waals surface area (Å²) in [4.78, 5) is 9.71. The molecule has 0 saturated heterocycles. The Bertz CT molecular complexity index is 436. The molecule has 0 amide bonds. The van der Waals surface area contributed by atoms with E-state index >= 15 is 0 Å². The van der Waals surface area contributed by atoms with Crippen LogP contribution in [0.2, 0.25) is 0 Å². The standard InChI is InChI=1S/C6H2N3O3/c10-9(11)4-1-2-6-5(3-4)7-8-12-6/h1-2H. The van der Waals surface area contributed by atoms with Gasteiger partial charge in [0.1, 0.15) is 11.6 Å². The van der Waals surface area contributed by atoms with E-state index in [9.17, 15) is 10.1 Å². The quantitative estimate of drug-likeness (QED) is 0.462. The number of aromatic nitrogens is 2. The number of rotatable bonds is 1. The molecule has 0 aliphatic rings. The predicted octanol–water partition coefficient (Wildman–Crippen LogP) is 0.931. The molecule has 0 aliphatic carbocycles. The fourth-order valence-corrected chi connectivity index (χ4v) is 0.818. The Morgan fingerprint density at radius 2 is 2.42 bits per heavy atom. The number of hydrogen-bond donors (Lipinski definition) is 0. The van der Waals surface area contributed by atoms with Gasteiger partial charge in [0, 0.05) is 11.3 Å². The SMILES string of the molecule is O=[N+]([O-])c1[c]c2nnoc2cc1. The van der Waals surface area contributed by atoms with Gasteiger partial charge in [-0.1, -0.05) is 0 Å². The molecule has 2 aromatic rings. The highest BCUT2D eigenvalue weighted by Gasteiger charge is 2.09. The van der Waals surface area contributed by atoms with Crippen LogP contribution in [0.5, 0.6) is 0 Å². The summed E-state index contributed by atoms with van der Waals surface area (Å²) in [5, 5.41) is 17.0. The van der Waals surface area contributed by atoms with Crippen molar-refractivity contribution >= 4 is 16.8 Å². The van der Waals surface area contributed by atoms with Crippen molar-refractivity contribution in [2.24, 2.45) is 0 Å². The molecule has 1 radical (unpaired) electrons. The van der Waals surface area contributed by atoms with Gasteiger partial charge in [-0.15, -0.1) is 5.10 Å². The summed E-state index contributed by atoms with van der Waals surface area (Å²) in [6, 6.07) is 5.16. The first-order valence-electron chi connectivity index (χ1n) is 3.06. The molecule has 1 heterocycles. The molecule has 0 spiro atoms. The number of hydrogen-bond acceptors (Lipinski definition) is 5. The Labute approximate surface area is 65.9 Å². The minimum Gasteiger partial charge on any atom is -0.337 e. The molecule has 0 fully saturated rings. The third kappa shape index (κ3) is 0.895. The Balaban J connectivity index is 2.68. The van der Waals surface area contributed by atoms with Crippen LogP contribution in [0.1, 0.15) is 0 Å². The van der Waals surface area contributed by atoms with Crippen molar-refractivity contribution in [3.05, 3.63) is 28.3 Å². The molecule has 12 heavy (non-hydrogen) atoms. The minimum absolute atomic E-state index is 0.141. The molecule has 0 unspecified atom stereocenters. The number of fused-ring (bicyclic) bond motifs is 1. The van der Waals surface area contributed by atoms with E-state index in [0.717, 1.165) is 0 Å². The van der Waals surface area contributed by atoms with Gasteiger partial charge >= 0.3 is 0 Å². The first kappa shape index (κ1) is 6.71. The fraction of sp³-hybridized carbons (Fsp3) is 0. The molecule has 0 saturated carbocycles. The van der Waals surface area contributed by atoms with Gasteiger partial charge in [0.25, 0.3) is 5.69 Å². The summed E-state index contributed by atoms with van der Waals surface area (Å²) in [6.45, 7) is 0. The second-order valence-corrected chi connectivity index (χ2v) is 2.09. The van der Waals surface area contributed by atoms with E-state index in [0.29, 0.717) is 5.58 Å². The number of nitro benzene ring substituents is 1. The maximum absolute atomic E-state index is 10.3. The van der Waals surface area contributed by atoms with Gasteiger partial charge in [-0.05, 0) is 6.07 Å². The second-order valence-electron chi connectivity index (χ2n) is 2.09. The molecule has 1 aromatic heterocycles. The monoisotopic (exact) mass is 164 g/mol. The van der Waals surface area contributed by atoms with Crippen molar-refractivity contribution < 1.29 is 9.45 Å². The van der Waals surface area contributed by atoms with Crippen LogP contribution in [0.4, 0.5) is 5.69 Å². The number of nitro groups is 1. The highest BCUT2D eigenvalue weighted by molar-refractivity contribution is 5.73. The number of nitrogens with zero attached hydrogens (tertiary/aromatic N) is 3. The summed E-state index contributed by atoms with van der Waals surface area (Å²) in [7, 11) is 0. The second kappa shape index (κ2) is 2.26. The lowest BCUT2D eigenvalue weighted by Crippen LogP contribution is -1.86. The van der Waals surface area contributed by atoms with E-state index in [1.807, 2.05) is 0 Å². The van der Waals surface area contributed by atoms with E-state index in [1.54, 1.807) is 0 Å². The van der Waals surface area contributed by atoms with E-state index < -0.39 is 4.92 Å². The lowest BCUT2D eigenvalue weighted by molar-refractivity contribution is -0.385. The summed E-state index contributed by atoms with van der Waals surface area (Å²) in [5.41, 5.74) is 0.517. The number of non-ortho nitro benzene ring substituents is 1. The molecule has 1 aromatic carbocycles. The van der Waals surface area contributed by atoms with Crippen LogP contribution in [-0.4, -0.2) is 15.3 Å². The van der Waals surface area contributed by atoms with Gasteiger partial charge in [-0.2, -0.15) is 0 Å². The molecule has 0 atom stereocenters.